The predicted molar refractivity (Wildman–Crippen MR) is 77.2 cm³/mol. The van der Waals surface area contributed by atoms with Gasteiger partial charge in [-0.05, 0) is 24.3 Å². The Hall–Kier alpha value is -2.89. The molecule has 3 rings (SSSR count). The molecule has 0 unspecified atom stereocenters. The molecule has 0 N–H and O–H groups in total. The van der Waals surface area contributed by atoms with Crippen LogP contribution in [0.5, 0.6) is 0 Å². The largest absolute Gasteiger partial charge is 0.285 e. The van der Waals surface area contributed by atoms with Crippen molar-refractivity contribution in [3.63, 3.8) is 0 Å². The molecule has 6 nitrogen and oxygen atoms in total. The number of aromatic nitrogens is 4. The molecule has 0 spiro atoms. The molecule has 106 valence electrons. The van der Waals surface area contributed by atoms with Crippen LogP contribution >= 0.6 is 0 Å². The minimum absolute atomic E-state index is 0.131. The first-order chi connectivity index (χ1) is 10.3. The monoisotopic (exact) mass is 282 g/mol. The van der Waals surface area contributed by atoms with E-state index in [1.807, 2.05) is 13.8 Å². The summed E-state index contributed by atoms with van der Waals surface area (Å²) in [5, 5.41) is 3.92. The van der Waals surface area contributed by atoms with E-state index < -0.39 is 11.6 Å². The zero-order valence-corrected chi connectivity index (χ0v) is 11.7. The molecule has 0 aliphatic heterocycles. The molecule has 3 heterocycles. The number of Topliss-reactive ketones (excluding diaryl/α,β-unsaturated/α-hetero) is 2. The number of hydrogen-bond acceptors (Lipinski definition) is 5. The fraction of sp³-hybridized carbons (Fsp3) is 0.133. The summed E-state index contributed by atoms with van der Waals surface area (Å²) in [5.41, 5.74) is 1.00. The van der Waals surface area contributed by atoms with Crippen molar-refractivity contribution in [2.45, 2.75) is 13.8 Å². The molecule has 3 aromatic heterocycles. The van der Waals surface area contributed by atoms with Gasteiger partial charge in [0.25, 0.3) is 5.78 Å². The van der Waals surface area contributed by atoms with Gasteiger partial charge in [-0.3, -0.25) is 14.6 Å². The van der Waals surface area contributed by atoms with Crippen molar-refractivity contribution in [3.05, 3.63) is 60.3 Å². The standard InChI is InChI=1S/C13H8N4O2.C2H6/c18-12(13(19)10-3-1-2-6-14-10)9-4-5-11-15-8-16-17(11)7-9;1-2/h1-8H;1-2H3. The second kappa shape index (κ2) is 6.51. The van der Waals surface area contributed by atoms with Crippen LogP contribution in [0.15, 0.2) is 49.1 Å². The summed E-state index contributed by atoms with van der Waals surface area (Å²) in [7, 11) is 0. The fourth-order valence-corrected chi connectivity index (χ4v) is 1.70. The zero-order valence-electron chi connectivity index (χ0n) is 11.7. The van der Waals surface area contributed by atoms with E-state index in [0.29, 0.717) is 5.65 Å². The first kappa shape index (κ1) is 14.5. The topological polar surface area (TPSA) is 77.2 Å². The summed E-state index contributed by atoms with van der Waals surface area (Å²) in [5.74, 6) is -1.25. The van der Waals surface area contributed by atoms with Gasteiger partial charge in [0, 0.05) is 18.0 Å². The van der Waals surface area contributed by atoms with Crippen LogP contribution in [-0.4, -0.2) is 31.1 Å². The van der Waals surface area contributed by atoms with Gasteiger partial charge in [0.2, 0.25) is 5.78 Å². The number of ketones is 2. The fourth-order valence-electron chi connectivity index (χ4n) is 1.70. The quantitative estimate of drug-likeness (QED) is 0.543. The van der Waals surface area contributed by atoms with E-state index >= 15 is 0 Å². The Morgan fingerprint density at radius 3 is 2.52 bits per heavy atom. The van der Waals surface area contributed by atoms with Gasteiger partial charge < -0.3 is 0 Å². The van der Waals surface area contributed by atoms with E-state index in [4.69, 9.17) is 0 Å². The van der Waals surface area contributed by atoms with E-state index in [2.05, 4.69) is 15.1 Å². The Morgan fingerprint density at radius 1 is 1.00 bits per heavy atom. The summed E-state index contributed by atoms with van der Waals surface area (Å²) in [6.07, 6.45) is 4.33. The first-order valence-electron chi connectivity index (χ1n) is 6.55. The van der Waals surface area contributed by atoms with E-state index in [0.717, 1.165) is 0 Å². The average Bonchev–Trinajstić information content (AvgIpc) is 3.03. The van der Waals surface area contributed by atoms with Crippen LogP contribution in [0.25, 0.3) is 5.65 Å². The highest BCUT2D eigenvalue weighted by Crippen LogP contribution is 2.07. The highest BCUT2D eigenvalue weighted by atomic mass is 16.2. The lowest BCUT2D eigenvalue weighted by atomic mass is 10.1. The minimum atomic E-state index is -0.639. The Kier molecular flexibility index (Phi) is 4.50. The van der Waals surface area contributed by atoms with Crippen LogP contribution < -0.4 is 0 Å². The minimum Gasteiger partial charge on any atom is -0.285 e. The van der Waals surface area contributed by atoms with Crippen molar-refractivity contribution in [2.24, 2.45) is 0 Å². The highest BCUT2D eigenvalue weighted by Gasteiger charge is 2.19. The molecule has 0 atom stereocenters. The smallest absolute Gasteiger partial charge is 0.251 e. The predicted octanol–water partition coefficient (Wildman–Crippen LogP) is 2.22. The second-order valence-electron chi connectivity index (χ2n) is 3.85. The molecule has 21 heavy (non-hydrogen) atoms. The molecule has 0 radical (unpaired) electrons. The van der Waals surface area contributed by atoms with E-state index in [-0.39, 0.29) is 11.3 Å². The van der Waals surface area contributed by atoms with Gasteiger partial charge in [0.15, 0.2) is 5.65 Å². The number of fused-ring (bicyclic) bond motifs is 1. The zero-order chi connectivity index (χ0) is 15.2. The van der Waals surface area contributed by atoms with Crippen molar-refractivity contribution in [3.8, 4) is 0 Å². The van der Waals surface area contributed by atoms with E-state index in [1.165, 1.54) is 29.3 Å². The molecule has 0 fully saturated rings. The molecule has 0 saturated carbocycles. The Balaban J connectivity index is 0.000000774. The molecule has 3 aromatic rings. The van der Waals surface area contributed by atoms with Gasteiger partial charge >= 0.3 is 0 Å². The Labute approximate surface area is 121 Å². The van der Waals surface area contributed by atoms with E-state index in [9.17, 15) is 9.59 Å². The van der Waals surface area contributed by atoms with Crippen LogP contribution in [0, 0.1) is 0 Å². The molecule has 0 bridgehead atoms. The molecule has 0 amide bonds. The number of pyridine rings is 2. The summed E-state index contributed by atoms with van der Waals surface area (Å²) in [6.45, 7) is 4.00. The van der Waals surface area contributed by atoms with Crippen LogP contribution in [0.4, 0.5) is 0 Å². The summed E-state index contributed by atoms with van der Waals surface area (Å²) in [6, 6.07) is 8.03. The van der Waals surface area contributed by atoms with Crippen LogP contribution in [0.2, 0.25) is 0 Å². The van der Waals surface area contributed by atoms with E-state index in [1.54, 1.807) is 24.3 Å². The molecular weight excluding hydrogens is 268 g/mol. The number of hydrogen-bond donors (Lipinski definition) is 0. The summed E-state index contributed by atoms with van der Waals surface area (Å²) < 4.78 is 1.44. The first-order valence-corrected chi connectivity index (χ1v) is 6.55. The highest BCUT2D eigenvalue weighted by molar-refractivity contribution is 6.48. The lowest BCUT2D eigenvalue weighted by Crippen LogP contribution is -2.16. The third-order valence-corrected chi connectivity index (χ3v) is 2.64. The molecule has 0 saturated heterocycles. The normalized spacial score (nSPS) is 9.81. The van der Waals surface area contributed by atoms with Gasteiger partial charge in [0.05, 0.1) is 0 Å². The lowest BCUT2D eigenvalue weighted by Gasteiger charge is -2.00. The second-order valence-corrected chi connectivity index (χ2v) is 3.85. The summed E-state index contributed by atoms with van der Waals surface area (Å²) in [4.78, 5) is 31.9. The Bertz CT molecular complexity index is 765. The van der Waals surface area contributed by atoms with Gasteiger partial charge in [-0.15, -0.1) is 0 Å². The lowest BCUT2D eigenvalue weighted by molar-refractivity contribution is 0.0813. The van der Waals surface area contributed by atoms with Crippen molar-refractivity contribution < 1.29 is 9.59 Å². The number of carbonyl (C=O) groups excluding carboxylic acids is 2. The number of nitrogens with zero attached hydrogens (tertiary/aromatic N) is 4. The molecule has 0 aliphatic carbocycles. The van der Waals surface area contributed by atoms with Crippen LogP contribution in [0.3, 0.4) is 0 Å². The maximum Gasteiger partial charge on any atom is 0.251 e. The Morgan fingerprint density at radius 2 is 1.81 bits per heavy atom. The van der Waals surface area contributed by atoms with Crippen molar-refractivity contribution in [2.75, 3.05) is 0 Å². The molecule has 6 heteroatoms. The van der Waals surface area contributed by atoms with Crippen LogP contribution in [0.1, 0.15) is 34.7 Å². The van der Waals surface area contributed by atoms with Crippen molar-refractivity contribution in [1.29, 1.82) is 0 Å². The van der Waals surface area contributed by atoms with Crippen LogP contribution in [-0.2, 0) is 0 Å². The molecular formula is C15H14N4O2. The van der Waals surface area contributed by atoms with Gasteiger partial charge in [-0.25, -0.2) is 9.50 Å². The maximum absolute atomic E-state index is 12.1. The SMILES string of the molecule is CC.O=C(C(=O)c1ccccn1)c1ccc2ncnn2c1. The van der Waals surface area contributed by atoms with Gasteiger partial charge in [-0.2, -0.15) is 5.10 Å². The molecule has 0 aromatic carbocycles. The van der Waals surface area contributed by atoms with Crippen molar-refractivity contribution in [1.82, 2.24) is 19.6 Å². The van der Waals surface area contributed by atoms with Gasteiger partial charge in [-0.1, -0.05) is 19.9 Å². The number of carbonyl (C=O) groups is 2. The van der Waals surface area contributed by atoms with Gasteiger partial charge in [0.1, 0.15) is 12.0 Å². The summed E-state index contributed by atoms with van der Waals surface area (Å²) >= 11 is 0. The van der Waals surface area contributed by atoms with Crippen molar-refractivity contribution >= 4 is 17.2 Å². The number of rotatable bonds is 3. The average molecular weight is 282 g/mol. The molecule has 0 aliphatic rings. The third-order valence-electron chi connectivity index (χ3n) is 2.64. The third kappa shape index (κ3) is 3.00. The maximum atomic E-state index is 12.1.